The molecule has 0 spiro atoms. The molecule has 0 aliphatic carbocycles. The number of nitrogen functional groups attached to an aromatic ring is 1. The van der Waals surface area contributed by atoms with E-state index in [1.165, 1.54) is 0 Å². The Hall–Kier alpha value is -2.05. The number of aryl methyl sites for hydroxylation is 1. The molecule has 0 fully saturated rings. The minimum absolute atomic E-state index is 0.253. The Morgan fingerprint density at radius 3 is 2.62 bits per heavy atom. The Morgan fingerprint density at radius 1 is 1.19 bits per heavy atom. The molecule has 0 saturated heterocycles. The number of methoxy groups -OCH3 is 1. The zero-order valence-corrected chi connectivity index (χ0v) is 13.3. The van der Waals surface area contributed by atoms with Crippen LogP contribution >= 0.6 is 15.9 Å². The molecule has 6 heteroatoms. The number of anilines is 2. The highest BCUT2D eigenvalue weighted by Crippen LogP contribution is 2.28. The molecule has 2 aromatic carbocycles. The number of rotatable bonds is 4. The zero-order chi connectivity index (χ0) is 15.4. The maximum atomic E-state index is 12.4. The average molecular weight is 350 g/mol. The lowest BCUT2D eigenvalue weighted by Crippen LogP contribution is -2.17. The first-order valence-corrected chi connectivity index (χ1v) is 7.06. The molecule has 5 nitrogen and oxygen atoms in total. The number of nitrogens with two attached hydrogens (primary N) is 1. The molecule has 2 rings (SSSR count). The van der Waals surface area contributed by atoms with Gasteiger partial charge < -0.3 is 15.5 Å². The van der Waals surface area contributed by atoms with Crippen molar-refractivity contribution in [2.45, 2.75) is 6.92 Å². The van der Waals surface area contributed by atoms with Gasteiger partial charge in [-0.05, 0) is 52.7 Å². The molecule has 21 heavy (non-hydrogen) atoms. The van der Waals surface area contributed by atoms with E-state index in [0.717, 1.165) is 10.0 Å². The highest BCUT2D eigenvalue weighted by atomic mass is 79.9. The van der Waals surface area contributed by atoms with Crippen LogP contribution in [0.4, 0.5) is 11.4 Å². The van der Waals surface area contributed by atoms with Crippen molar-refractivity contribution in [2.24, 2.45) is 5.84 Å². The molecule has 0 aromatic heterocycles. The van der Waals surface area contributed by atoms with Crippen LogP contribution in [0.15, 0.2) is 40.9 Å². The van der Waals surface area contributed by atoms with Gasteiger partial charge in [0.1, 0.15) is 5.75 Å². The number of hydrazine groups is 1. The molecule has 0 radical (unpaired) electrons. The fraction of sp³-hybridized carbons (Fsp3) is 0.133. The molecule has 4 N–H and O–H groups in total. The van der Waals surface area contributed by atoms with Gasteiger partial charge in [-0.1, -0.05) is 6.07 Å². The summed E-state index contributed by atoms with van der Waals surface area (Å²) in [6.07, 6.45) is 0. The lowest BCUT2D eigenvalue weighted by molar-refractivity contribution is 0.102. The number of carbonyl (C=O) groups excluding carboxylic acids is 1. The van der Waals surface area contributed by atoms with Gasteiger partial charge >= 0.3 is 0 Å². The molecule has 1 amide bonds. The number of nitrogens with one attached hydrogen (secondary N) is 2. The summed E-state index contributed by atoms with van der Waals surface area (Å²) in [4.78, 5) is 12.4. The second-order valence-electron chi connectivity index (χ2n) is 4.49. The van der Waals surface area contributed by atoms with Crippen LogP contribution in [0.25, 0.3) is 0 Å². The van der Waals surface area contributed by atoms with Gasteiger partial charge in [-0.15, -0.1) is 0 Å². The van der Waals surface area contributed by atoms with Crippen LogP contribution in [0.1, 0.15) is 15.9 Å². The topological polar surface area (TPSA) is 76.4 Å². The lowest BCUT2D eigenvalue weighted by atomic mass is 10.1. The number of amides is 1. The van der Waals surface area contributed by atoms with Crippen molar-refractivity contribution >= 4 is 33.2 Å². The quantitative estimate of drug-likeness (QED) is 0.584. The summed E-state index contributed by atoms with van der Waals surface area (Å²) in [5, 5.41) is 2.83. The largest absolute Gasteiger partial charge is 0.497 e. The number of hydrogen-bond acceptors (Lipinski definition) is 4. The molecule has 0 saturated carbocycles. The smallest absolute Gasteiger partial charge is 0.257 e. The van der Waals surface area contributed by atoms with Crippen molar-refractivity contribution in [3.63, 3.8) is 0 Å². The van der Waals surface area contributed by atoms with E-state index in [9.17, 15) is 4.79 Å². The van der Waals surface area contributed by atoms with E-state index >= 15 is 0 Å². The monoisotopic (exact) mass is 349 g/mol. The number of halogens is 1. The molecule has 0 bridgehead atoms. The summed E-state index contributed by atoms with van der Waals surface area (Å²) in [6, 6.07) is 10.8. The van der Waals surface area contributed by atoms with Gasteiger partial charge in [-0.2, -0.15) is 0 Å². The van der Waals surface area contributed by atoms with Crippen LogP contribution in [-0.4, -0.2) is 13.0 Å². The van der Waals surface area contributed by atoms with E-state index in [4.69, 9.17) is 10.6 Å². The molecule has 0 heterocycles. The predicted molar refractivity (Wildman–Crippen MR) is 87.6 cm³/mol. The number of benzene rings is 2. The second-order valence-corrected chi connectivity index (χ2v) is 5.35. The van der Waals surface area contributed by atoms with Gasteiger partial charge in [0.2, 0.25) is 0 Å². The minimum atomic E-state index is -0.253. The van der Waals surface area contributed by atoms with Gasteiger partial charge in [-0.3, -0.25) is 10.6 Å². The van der Waals surface area contributed by atoms with Crippen molar-refractivity contribution in [3.05, 3.63) is 52.0 Å². The molecular weight excluding hydrogens is 334 g/mol. The normalized spacial score (nSPS) is 10.1. The first-order valence-electron chi connectivity index (χ1n) is 6.27. The molecule has 110 valence electrons. The SMILES string of the molecule is COc1ccc(Br)c(NC(=O)c2ccc(C)cc2NN)c1. The highest BCUT2D eigenvalue weighted by molar-refractivity contribution is 9.10. The fourth-order valence-electron chi connectivity index (χ4n) is 1.89. The summed E-state index contributed by atoms with van der Waals surface area (Å²) in [5.41, 5.74) is 5.23. The molecule has 2 aromatic rings. The van der Waals surface area contributed by atoms with Crippen LogP contribution in [0, 0.1) is 6.92 Å². The summed E-state index contributed by atoms with van der Waals surface area (Å²) < 4.78 is 5.92. The Balaban J connectivity index is 2.30. The first kappa shape index (κ1) is 15.3. The Bertz CT molecular complexity index is 674. The Morgan fingerprint density at radius 2 is 1.95 bits per heavy atom. The van der Waals surface area contributed by atoms with Crippen molar-refractivity contribution in [2.75, 3.05) is 17.9 Å². The molecular formula is C15H16BrN3O2. The Labute approximate surface area is 131 Å². The van der Waals surface area contributed by atoms with E-state index in [-0.39, 0.29) is 5.91 Å². The average Bonchev–Trinajstić information content (AvgIpc) is 2.49. The zero-order valence-electron chi connectivity index (χ0n) is 11.7. The molecule has 0 atom stereocenters. The Kier molecular flexibility index (Phi) is 4.82. The van der Waals surface area contributed by atoms with Gasteiger partial charge in [0.15, 0.2) is 0 Å². The van der Waals surface area contributed by atoms with E-state index < -0.39 is 0 Å². The van der Waals surface area contributed by atoms with Crippen LogP contribution in [0.5, 0.6) is 5.75 Å². The van der Waals surface area contributed by atoms with Crippen LogP contribution in [0.3, 0.4) is 0 Å². The van der Waals surface area contributed by atoms with Gasteiger partial charge in [0.25, 0.3) is 5.91 Å². The van der Waals surface area contributed by atoms with Gasteiger partial charge in [0, 0.05) is 10.5 Å². The summed E-state index contributed by atoms with van der Waals surface area (Å²) in [6.45, 7) is 1.93. The van der Waals surface area contributed by atoms with E-state index in [2.05, 4.69) is 26.7 Å². The maximum absolute atomic E-state index is 12.4. The predicted octanol–water partition coefficient (Wildman–Crippen LogP) is 3.30. The first-order chi connectivity index (χ1) is 10.0. The van der Waals surface area contributed by atoms with Crippen LogP contribution < -0.4 is 21.3 Å². The lowest BCUT2D eigenvalue weighted by Gasteiger charge is -2.12. The van der Waals surface area contributed by atoms with Crippen molar-refractivity contribution in [1.82, 2.24) is 0 Å². The third-order valence-electron chi connectivity index (χ3n) is 3.00. The number of carbonyl (C=O) groups is 1. The van der Waals surface area contributed by atoms with Crippen LogP contribution in [0.2, 0.25) is 0 Å². The third-order valence-corrected chi connectivity index (χ3v) is 3.69. The minimum Gasteiger partial charge on any atom is -0.497 e. The van der Waals surface area contributed by atoms with Gasteiger partial charge in [-0.25, -0.2) is 0 Å². The van der Waals surface area contributed by atoms with E-state index in [1.807, 2.05) is 25.1 Å². The van der Waals surface area contributed by atoms with Crippen molar-refractivity contribution in [3.8, 4) is 5.75 Å². The second kappa shape index (κ2) is 6.60. The van der Waals surface area contributed by atoms with Crippen LogP contribution in [-0.2, 0) is 0 Å². The summed E-state index contributed by atoms with van der Waals surface area (Å²) in [5.74, 6) is 5.88. The molecule has 0 aliphatic rings. The highest BCUT2D eigenvalue weighted by Gasteiger charge is 2.13. The fourth-order valence-corrected chi connectivity index (χ4v) is 2.24. The number of ether oxygens (including phenoxy) is 1. The van der Waals surface area contributed by atoms with E-state index in [1.54, 1.807) is 25.3 Å². The molecule has 0 aliphatic heterocycles. The maximum Gasteiger partial charge on any atom is 0.257 e. The molecule has 0 unspecified atom stereocenters. The standard InChI is InChI=1S/C15H16BrN3O2/c1-9-3-5-11(13(7-9)19-17)15(20)18-14-8-10(21-2)4-6-12(14)16/h3-8,19H,17H2,1-2H3,(H,18,20). The summed E-state index contributed by atoms with van der Waals surface area (Å²) in [7, 11) is 1.57. The van der Waals surface area contributed by atoms with E-state index in [0.29, 0.717) is 22.7 Å². The third kappa shape index (κ3) is 3.53. The van der Waals surface area contributed by atoms with Crippen molar-refractivity contribution in [1.29, 1.82) is 0 Å². The number of hydrogen-bond donors (Lipinski definition) is 3. The summed E-state index contributed by atoms with van der Waals surface area (Å²) >= 11 is 3.40. The van der Waals surface area contributed by atoms with Crippen molar-refractivity contribution < 1.29 is 9.53 Å². The van der Waals surface area contributed by atoms with Gasteiger partial charge in [0.05, 0.1) is 24.0 Å².